The van der Waals surface area contributed by atoms with Gasteiger partial charge in [0.2, 0.25) is 5.91 Å². The Labute approximate surface area is 140 Å². The number of nitrogens with zero attached hydrogens (tertiary/aromatic N) is 1. The normalized spacial score (nSPS) is 13.7. The van der Waals surface area contributed by atoms with E-state index in [1.54, 1.807) is 17.0 Å². The monoisotopic (exact) mass is 348 g/mol. The standard InChI is InChI=1S/C17H17FN2O3S/c1-11-9-14(18)4-6-17(11)24(22,23)19-15-5-3-13-7-8-20(12(2)21)16(13)10-15/h3-6,9-10,19H,7-8H2,1-2H3. The molecule has 1 aliphatic heterocycles. The fraction of sp³-hybridized carbons (Fsp3) is 0.235. The van der Waals surface area contributed by atoms with Gasteiger partial charge in [-0.25, -0.2) is 12.8 Å². The van der Waals surface area contributed by atoms with Crippen LogP contribution in [0, 0.1) is 12.7 Å². The number of carbonyl (C=O) groups is 1. The minimum Gasteiger partial charge on any atom is -0.312 e. The zero-order valence-corrected chi connectivity index (χ0v) is 14.2. The van der Waals surface area contributed by atoms with Crippen LogP contribution in [0.3, 0.4) is 0 Å². The van der Waals surface area contributed by atoms with Crippen molar-refractivity contribution in [3.05, 3.63) is 53.3 Å². The minimum absolute atomic E-state index is 0.0211. The van der Waals surface area contributed by atoms with E-state index < -0.39 is 15.8 Å². The fourth-order valence-electron chi connectivity index (χ4n) is 2.89. The zero-order chi connectivity index (χ0) is 17.5. The molecule has 0 aliphatic carbocycles. The highest BCUT2D eigenvalue weighted by atomic mass is 32.2. The van der Waals surface area contributed by atoms with Gasteiger partial charge in [0.1, 0.15) is 5.82 Å². The summed E-state index contributed by atoms with van der Waals surface area (Å²) in [5.74, 6) is -0.566. The summed E-state index contributed by atoms with van der Waals surface area (Å²) in [5, 5.41) is 0. The molecule has 0 aromatic heterocycles. The number of hydrogen-bond donors (Lipinski definition) is 1. The molecule has 24 heavy (non-hydrogen) atoms. The van der Waals surface area contributed by atoms with E-state index in [4.69, 9.17) is 0 Å². The molecule has 1 N–H and O–H groups in total. The van der Waals surface area contributed by atoms with Gasteiger partial charge in [-0.1, -0.05) is 6.07 Å². The second-order valence-corrected chi connectivity index (χ2v) is 7.43. The molecule has 5 nitrogen and oxygen atoms in total. The first kappa shape index (κ1) is 16.4. The Bertz CT molecular complexity index is 925. The largest absolute Gasteiger partial charge is 0.312 e. The van der Waals surface area contributed by atoms with Crippen molar-refractivity contribution in [2.24, 2.45) is 0 Å². The van der Waals surface area contributed by atoms with E-state index in [0.717, 1.165) is 23.7 Å². The Morgan fingerprint density at radius 1 is 1.21 bits per heavy atom. The number of anilines is 2. The molecule has 0 spiro atoms. The fourth-order valence-corrected chi connectivity index (χ4v) is 4.17. The van der Waals surface area contributed by atoms with Crippen molar-refractivity contribution in [2.75, 3.05) is 16.2 Å². The number of halogens is 1. The van der Waals surface area contributed by atoms with Gasteiger partial charge in [-0.2, -0.15) is 0 Å². The lowest BCUT2D eigenvalue weighted by Gasteiger charge is -2.16. The van der Waals surface area contributed by atoms with Crippen molar-refractivity contribution in [2.45, 2.75) is 25.2 Å². The molecular weight excluding hydrogens is 331 g/mol. The number of carbonyl (C=O) groups excluding carboxylic acids is 1. The third-order valence-corrected chi connectivity index (χ3v) is 5.58. The molecule has 0 radical (unpaired) electrons. The molecule has 126 valence electrons. The predicted octanol–water partition coefficient (Wildman–Crippen LogP) is 2.84. The van der Waals surface area contributed by atoms with Crippen molar-refractivity contribution in [3.8, 4) is 0 Å². The van der Waals surface area contributed by atoms with Gasteiger partial charge in [0.05, 0.1) is 10.6 Å². The highest BCUT2D eigenvalue weighted by Gasteiger charge is 2.24. The highest BCUT2D eigenvalue weighted by Crippen LogP contribution is 2.32. The zero-order valence-electron chi connectivity index (χ0n) is 13.3. The van der Waals surface area contributed by atoms with Gasteiger partial charge in [0.25, 0.3) is 10.0 Å². The van der Waals surface area contributed by atoms with Gasteiger partial charge in [0.15, 0.2) is 0 Å². The number of sulfonamides is 1. The highest BCUT2D eigenvalue weighted by molar-refractivity contribution is 7.92. The molecule has 0 bridgehead atoms. The number of fused-ring (bicyclic) bond motifs is 1. The summed E-state index contributed by atoms with van der Waals surface area (Å²) < 4.78 is 40.7. The second kappa shape index (κ2) is 5.90. The van der Waals surface area contributed by atoms with Crippen LogP contribution in [-0.4, -0.2) is 20.9 Å². The Morgan fingerprint density at radius 2 is 1.96 bits per heavy atom. The molecule has 0 atom stereocenters. The van der Waals surface area contributed by atoms with Crippen LogP contribution in [0.1, 0.15) is 18.1 Å². The molecule has 0 unspecified atom stereocenters. The topological polar surface area (TPSA) is 66.5 Å². The average molecular weight is 348 g/mol. The van der Waals surface area contributed by atoms with Crippen LogP contribution >= 0.6 is 0 Å². The third kappa shape index (κ3) is 2.99. The molecule has 1 heterocycles. The first-order chi connectivity index (χ1) is 11.3. The van der Waals surface area contributed by atoms with Crippen molar-refractivity contribution in [1.82, 2.24) is 0 Å². The number of nitrogens with one attached hydrogen (secondary N) is 1. The molecule has 1 aliphatic rings. The van der Waals surface area contributed by atoms with E-state index in [-0.39, 0.29) is 10.8 Å². The van der Waals surface area contributed by atoms with Crippen LogP contribution in [0.2, 0.25) is 0 Å². The number of hydrogen-bond acceptors (Lipinski definition) is 3. The van der Waals surface area contributed by atoms with E-state index in [9.17, 15) is 17.6 Å². The molecule has 2 aromatic carbocycles. The molecule has 0 fully saturated rings. The lowest BCUT2D eigenvalue weighted by Crippen LogP contribution is -2.25. The number of benzene rings is 2. The van der Waals surface area contributed by atoms with E-state index in [0.29, 0.717) is 17.8 Å². The molecular formula is C17H17FN2O3S. The summed E-state index contributed by atoms with van der Waals surface area (Å²) >= 11 is 0. The van der Waals surface area contributed by atoms with Crippen molar-refractivity contribution in [1.29, 1.82) is 0 Å². The first-order valence-corrected chi connectivity index (χ1v) is 8.96. The molecule has 3 rings (SSSR count). The summed E-state index contributed by atoms with van der Waals surface area (Å²) in [4.78, 5) is 13.3. The van der Waals surface area contributed by atoms with E-state index >= 15 is 0 Å². The molecule has 2 aromatic rings. The number of aryl methyl sites for hydroxylation is 1. The summed E-state index contributed by atoms with van der Waals surface area (Å²) in [5.41, 5.74) is 2.42. The van der Waals surface area contributed by atoms with E-state index in [1.165, 1.54) is 26.0 Å². The second-order valence-electron chi connectivity index (χ2n) is 5.78. The average Bonchev–Trinajstić information content (AvgIpc) is 2.89. The van der Waals surface area contributed by atoms with Crippen LogP contribution in [0.5, 0.6) is 0 Å². The lowest BCUT2D eigenvalue weighted by atomic mass is 10.1. The van der Waals surface area contributed by atoms with Crippen LogP contribution in [-0.2, 0) is 21.2 Å². The maximum absolute atomic E-state index is 13.2. The Kier molecular flexibility index (Phi) is 4.04. The maximum atomic E-state index is 13.2. The predicted molar refractivity (Wildman–Crippen MR) is 90.1 cm³/mol. The Balaban J connectivity index is 1.94. The first-order valence-electron chi connectivity index (χ1n) is 7.48. The van der Waals surface area contributed by atoms with E-state index in [2.05, 4.69) is 4.72 Å². The van der Waals surface area contributed by atoms with Gasteiger partial charge in [-0.3, -0.25) is 9.52 Å². The van der Waals surface area contributed by atoms with Crippen LogP contribution < -0.4 is 9.62 Å². The van der Waals surface area contributed by atoms with Crippen molar-refractivity contribution >= 4 is 27.3 Å². The van der Waals surface area contributed by atoms with Crippen LogP contribution in [0.25, 0.3) is 0 Å². The van der Waals surface area contributed by atoms with Gasteiger partial charge in [-0.05, 0) is 54.8 Å². The van der Waals surface area contributed by atoms with Gasteiger partial charge in [-0.15, -0.1) is 0 Å². The molecule has 0 saturated carbocycles. The number of amides is 1. The SMILES string of the molecule is CC(=O)N1CCc2ccc(NS(=O)(=O)c3ccc(F)cc3C)cc21. The van der Waals surface area contributed by atoms with Gasteiger partial charge >= 0.3 is 0 Å². The van der Waals surface area contributed by atoms with Crippen LogP contribution in [0.15, 0.2) is 41.3 Å². The lowest BCUT2D eigenvalue weighted by molar-refractivity contribution is -0.116. The molecule has 7 heteroatoms. The summed E-state index contributed by atoms with van der Waals surface area (Å²) in [6, 6.07) is 8.66. The third-order valence-electron chi connectivity index (χ3n) is 4.04. The minimum atomic E-state index is -3.84. The Morgan fingerprint density at radius 3 is 2.62 bits per heavy atom. The van der Waals surface area contributed by atoms with Crippen molar-refractivity contribution < 1.29 is 17.6 Å². The smallest absolute Gasteiger partial charge is 0.262 e. The molecule has 1 amide bonds. The summed E-state index contributed by atoms with van der Waals surface area (Å²) in [6.07, 6.45) is 0.749. The number of rotatable bonds is 3. The summed E-state index contributed by atoms with van der Waals surface area (Å²) in [7, 11) is -3.84. The van der Waals surface area contributed by atoms with Gasteiger partial charge < -0.3 is 4.90 Å². The quantitative estimate of drug-likeness (QED) is 0.927. The van der Waals surface area contributed by atoms with Crippen LogP contribution in [0.4, 0.5) is 15.8 Å². The maximum Gasteiger partial charge on any atom is 0.262 e. The van der Waals surface area contributed by atoms with Crippen molar-refractivity contribution in [3.63, 3.8) is 0 Å². The summed E-state index contributed by atoms with van der Waals surface area (Å²) in [6.45, 7) is 3.61. The molecule has 0 saturated heterocycles. The van der Waals surface area contributed by atoms with Gasteiger partial charge in [0, 0.05) is 19.2 Å². The van der Waals surface area contributed by atoms with E-state index in [1.807, 2.05) is 6.07 Å². The Hall–Kier alpha value is -2.41.